The lowest BCUT2D eigenvalue weighted by molar-refractivity contribution is -0.192. The molecular weight excluding hydrogens is 356 g/mol. The Kier molecular flexibility index (Phi) is 4.20. The summed E-state index contributed by atoms with van der Waals surface area (Å²) < 4.78 is 29.9. The van der Waals surface area contributed by atoms with Crippen molar-refractivity contribution in [1.82, 2.24) is 0 Å². The van der Waals surface area contributed by atoms with Crippen molar-refractivity contribution >= 4 is 16.8 Å². The maximum atomic E-state index is 13.5. The molecular formula is C19H28O6S. The average Bonchev–Trinajstić information content (AvgIpc) is 3.29. The van der Waals surface area contributed by atoms with Crippen molar-refractivity contribution in [2.45, 2.75) is 56.4 Å². The fraction of sp³-hybridized carbons (Fsp3) is 0.842. The molecule has 0 spiro atoms. The van der Waals surface area contributed by atoms with Crippen LogP contribution in [0.15, 0.2) is 12.2 Å². The van der Waals surface area contributed by atoms with E-state index in [2.05, 4.69) is 13.8 Å². The molecule has 2 saturated carbocycles. The summed E-state index contributed by atoms with van der Waals surface area (Å²) in [6, 6.07) is 0. The number of hydrogen-bond acceptors (Lipinski definition) is 6. The molecule has 4 rings (SSSR count). The quantitative estimate of drug-likeness (QED) is 0.570. The fourth-order valence-corrected chi connectivity index (χ4v) is 8.45. The van der Waals surface area contributed by atoms with Gasteiger partial charge in [-0.05, 0) is 36.7 Å². The molecule has 2 aliphatic heterocycles. The molecule has 2 aliphatic carbocycles. The molecule has 0 aromatic carbocycles. The third-order valence-corrected chi connectivity index (χ3v) is 9.74. The normalized spacial score (nSPS) is 48.9. The molecule has 4 aliphatic rings. The Labute approximate surface area is 156 Å². The molecule has 1 saturated heterocycles. The summed E-state index contributed by atoms with van der Waals surface area (Å²) in [6.45, 7) is 4.37. The summed E-state index contributed by atoms with van der Waals surface area (Å²) >= 11 is 0. The highest BCUT2D eigenvalue weighted by atomic mass is 32.2. The molecule has 4 bridgehead atoms. The summed E-state index contributed by atoms with van der Waals surface area (Å²) in [4.78, 5) is 12.5. The number of ether oxygens (including phenoxy) is 3. The van der Waals surface area contributed by atoms with Crippen LogP contribution in [0.1, 0.15) is 33.1 Å². The SMILES string of the molecule is COC(=O)[C@@H]1[C@H](S(=O)C[C@]23CC[C@H](C[C@H]2O)C3(C)C)[C@@H]2C=C[C@@]1(OC)O2. The highest BCUT2D eigenvalue weighted by molar-refractivity contribution is 7.85. The number of esters is 1. The van der Waals surface area contributed by atoms with E-state index in [1.807, 2.05) is 6.08 Å². The van der Waals surface area contributed by atoms with Gasteiger partial charge in [0.1, 0.15) is 5.92 Å². The standard InChI is InChI=1S/C19H28O6S/c1-17(2)11-5-7-18(17,13(20)9-11)10-26(22)15-12-6-8-19(24-4,25-12)14(15)16(21)23-3/h6,8,11-15,20H,5,7,9-10H2,1-4H3/t11-,12+,13-,14+,15-,18-,19-,26?/m1/s1. The van der Waals surface area contributed by atoms with Crippen molar-refractivity contribution in [3.8, 4) is 0 Å². The number of methoxy groups -OCH3 is 2. The minimum absolute atomic E-state index is 0.0594. The highest BCUT2D eigenvalue weighted by Crippen LogP contribution is 2.66. The van der Waals surface area contributed by atoms with Crippen LogP contribution < -0.4 is 0 Å². The van der Waals surface area contributed by atoms with Gasteiger partial charge in [-0.3, -0.25) is 9.00 Å². The van der Waals surface area contributed by atoms with Crippen LogP contribution in [0.25, 0.3) is 0 Å². The van der Waals surface area contributed by atoms with E-state index < -0.39 is 45.9 Å². The monoisotopic (exact) mass is 384 g/mol. The van der Waals surface area contributed by atoms with Crippen LogP contribution in [0.5, 0.6) is 0 Å². The Morgan fingerprint density at radius 2 is 2.12 bits per heavy atom. The Bertz CT molecular complexity index is 675. The lowest BCUT2D eigenvalue weighted by atomic mass is 9.70. The molecule has 6 nitrogen and oxygen atoms in total. The number of rotatable bonds is 5. The zero-order valence-electron chi connectivity index (χ0n) is 15.8. The highest BCUT2D eigenvalue weighted by Gasteiger charge is 2.67. The first-order valence-corrected chi connectivity index (χ1v) is 10.7. The molecule has 0 aromatic heterocycles. The van der Waals surface area contributed by atoms with E-state index in [9.17, 15) is 14.1 Å². The van der Waals surface area contributed by atoms with E-state index in [4.69, 9.17) is 14.2 Å². The van der Waals surface area contributed by atoms with Gasteiger partial charge in [-0.25, -0.2) is 0 Å². The third kappa shape index (κ3) is 2.14. The number of fused-ring (bicyclic) bond motifs is 4. The predicted octanol–water partition coefficient (Wildman–Crippen LogP) is 1.39. The van der Waals surface area contributed by atoms with Crippen molar-refractivity contribution in [2.24, 2.45) is 22.7 Å². The number of carbonyl (C=O) groups excluding carboxylic acids is 1. The van der Waals surface area contributed by atoms with Gasteiger partial charge >= 0.3 is 5.97 Å². The number of aliphatic hydroxyl groups is 1. The summed E-state index contributed by atoms with van der Waals surface area (Å²) in [7, 11) is 1.45. The van der Waals surface area contributed by atoms with Crippen LogP contribution >= 0.6 is 0 Å². The Hall–Kier alpha value is -0.760. The van der Waals surface area contributed by atoms with E-state index in [0.717, 1.165) is 19.3 Å². The van der Waals surface area contributed by atoms with Crippen LogP contribution in [0.2, 0.25) is 0 Å². The molecule has 0 radical (unpaired) electrons. The average molecular weight is 384 g/mol. The van der Waals surface area contributed by atoms with E-state index >= 15 is 0 Å². The van der Waals surface area contributed by atoms with Gasteiger partial charge in [0.15, 0.2) is 0 Å². The van der Waals surface area contributed by atoms with Crippen molar-refractivity contribution in [3.05, 3.63) is 12.2 Å². The molecule has 1 N–H and O–H groups in total. The van der Waals surface area contributed by atoms with Gasteiger partial charge in [-0.15, -0.1) is 0 Å². The molecule has 0 aromatic rings. The lowest BCUT2D eigenvalue weighted by Crippen LogP contribution is -2.50. The second-order valence-electron chi connectivity index (χ2n) is 8.72. The maximum Gasteiger partial charge on any atom is 0.315 e. The van der Waals surface area contributed by atoms with Crippen LogP contribution in [0, 0.1) is 22.7 Å². The molecule has 3 fully saturated rings. The molecule has 146 valence electrons. The summed E-state index contributed by atoms with van der Waals surface area (Å²) in [6.07, 6.45) is 5.40. The van der Waals surface area contributed by atoms with Crippen molar-refractivity contribution in [2.75, 3.05) is 20.0 Å². The van der Waals surface area contributed by atoms with Gasteiger partial charge in [0, 0.05) is 29.1 Å². The van der Waals surface area contributed by atoms with E-state index in [0.29, 0.717) is 11.7 Å². The smallest absolute Gasteiger partial charge is 0.315 e. The Morgan fingerprint density at radius 1 is 1.38 bits per heavy atom. The third-order valence-electron chi connectivity index (χ3n) is 7.79. The van der Waals surface area contributed by atoms with Gasteiger partial charge in [0.2, 0.25) is 5.79 Å². The molecule has 26 heavy (non-hydrogen) atoms. The Morgan fingerprint density at radius 3 is 2.65 bits per heavy atom. The topological polar surface area (TPSA) is 82.1 Å². The number of carbonyl (C=O) groups is 1. The summed E-state index contributed by atoms with van der Waals surface area (Å²) in [5, 5.41) is 10.2. The summed E-state index contributed by atoms with van der Waals surface area (Å²) in [5.41, 5.74) is -0.426. The van der Waals surface area contributed by atoms with Gasteiger partial charge in [0.05, 0.1) is 24.6 Å². The van der Waals surface area contributed by atoms with Crippen molar-refractivity contribution in [1.29, 1.82) is 0 Å². The first kappa shape index (κ1) is 18.6. The molecule has 7 heteroatoms. The molecule has 8 atom stereocenters. The predicted molar refractivity (Wildman–Crippen MR) is 95.6 cm³/mol. The van der Waals surface area contributed by atoms with Crippen LogP contribution in [-0.4, -0.2) is 58.5 Å². The minimum atomic E-state index is -1.36. The van der Waals surface area contributed by atoms with Gasteiger partial charge in [-0.1, -0.05) is 19.9 Å². The minimum Gasteiger partial charge on any atom is -0.469 e. The lowest BCUT2D eigenvalue weighted by Gasteiger charge is -2.41. The second-order valence-corrected chi connectivity index (χ2v) is 10.3. The zero-order chi connectivity index (χ0) is 18.9. The number of hydrogen-bond donors (Lipinski definition) is 1. The van der Waals surface area contributed by atoms with Crippen molar-refractivity contribution in [3.63, 3.8) is 0 Å². The Balaban J connectivity index is 1.64. The van der Waals surface area contributed by atoms with Crippen LogP contribution in [0.3, 0.4) is 0 Å². The van der Waals surface area contributed by atoms with Crippen LogP contribution in [0.4, 0.5) is 0 Å². The summed E-state index contributed by atoms with van der Waals surface area (Å²) in [5.74, 6) is -1.58. The second kappa shape index (κ2) is 5.87. The maximum absolute atomic E-state index is 13.5. The fourth-order valence-electron chi connectivity index (χ4n) is 5.99. The van der Waals surface area contributed by atoms with E-state index in [-0.39, 0.29) is 10.8 Å². The van der Waals surface area contributed by atoms with Gasteiger partial charge in [-0.2, -0.15) is 0 Å². The van der Waals surface area contributed by atoms with Gasteiger partial charge in [0.25, 0.3) is 0 Å². The van der Waals surface area contributed by atoms with Gasteiger partial charge < -0.3 is 19.3 Å². The largest absolute Gasteiger partial charge is 0.469 e. The van der Waals surface area contributed by atoms with E-state index in [1.54, 1.807) is 6.08 Å². The first-order valence-electron chi connectivity index (χ1n) is 9.28. The first-order chi connectivity index (χ1) is 12.2. The number of aliphatic hydroxyl groups excluding tert-OH is 1. The van der Waals surface area contributed by atoms with Crippen LogP contribution in [-0.2, 0) is 29.8 Å². The van der Waals surface area contributed by atoms with Crippen molar-refractivity contribution < 1.29 is 28.3 Å². The molecule has 0 amide bonds. The molecule has 1 unspecified atom stereocenters. The van der Waals surface area contributed by atoms with E-state index in [1.165, 1.54) is 14.2 Å². The molecule has 2 heterocycles. The zero-order valence-corrected chi connectivity index (χ0v) is 16.6.